The van der Waals surface area contributed by atoms with E-state index in [0.717, 1.165) is 33.9 Å². The quantitative estimate of drug-likeness (QED) is 0.828. The summed E-state index contributed by atoms with van der Waals surface area (Å²) in [5.41, 5.74) is 4.10. The van der Waals surface area contributed by atoms with Gasteiger partial charge in [-0.15, -0.1) is 0 Å². The molecule has 1 aromatic carbocycles. The Morgan fingerprint density at radius 2 is 1.67 bits per heavy atom. The minimum absolute atomic E-state index is 0.837. The monoisotopic (exact) mass is 243 g/mol. The Hall–Kier alpha value is -2.03. The van der Waals surface area contributed by atoms with Crippen LogP contribution in [-0.4, -0.2) is 19.2 Å². The van der Waals surface area contributed by atoms with Crippen molar-refractivity contribution in [2.24, 2.45) is 0 Å². The number of nitrogens with zero attached hydrogens (tertiary/aromatic N) is 1. The minimum atomic E-state index is 0.837. The second-order valence-electron chi connectivity index (χ2n) is 4.16. The van der Waals surface area contributed by atoms with Gasteiger partial charge in [-0.05, 0) is 37.6 Å². The van der Waals surface area contributed by atoms with Crippen LogP contribution < -0.4 is 9.47 Å². The number of methoxy groups -OCH3 is 2. The van der Waals surface area contributed by atoms with Gasteiger partial charge < -0.3 is 9.47 Å². The molecule has 0 bridgehead atoms. The molecule has 0 amide bonds. The number of aromatic nitrogens is 1. The summed E-state index contributed by atoms with van der Waals surface area (Å²) in [4.78, 5) is 4.31. The molecule has 0 saturated carbocycles. The number of aryl methyl sites for hydroxylation is 2. The van der Waals surface area contributed by atoms with Gasteiger partial charge in [0.05, 0.1) is 14.2 Å². The van der Waals surface area contributed by atoms with Crippen LogP contribution in [0.15, 0.2) is 30.5 Å². The highest BCUT2D eigenvalue weighted by Crippen LogP contribution is 2.36. The Morgan fingerprint density at radius 1 is 0.944 bits per heavy atom. The maximum atomic E-state index is 5.45. The molecule has 1 aromatic heterocycles. The lowest BCUT2D eigenvalue weighted by Gasteiger charge is -2.14. The van der Waals surface area contributed by atoms with Crippen molar-refractivity contribution in [2.75, 3.05) is 14.2 Å². The zero-order chi connectivity index (χ0) is 13.1. The van der Waals surface area contributed by atoms with Crippen LogP contribution in [-0.2, 0) is 0 Å². The number of benzene rings is 1. The SMILES string of the molecule is COc1cc(-c2cccnc2C)c(OC)cc1C. The fourth-order valence-corrected chi connectivity index (χ4v) is 2.03. The van der Waals surface area contributed by atoms with Gasteiger partial charge in [-0.3, -0.25) is 4.98 Å². The maximum Gasteiger partial charge on any atom is 0.127 e. The molecule has 1 heterocycles. The van der Waals surface area contributed by atoms with Crippen LogP contribution in [0.3, 0.4) is 0 Å². The summed E-state index contributed by atoms with van der Waals surface area (Å²) in [7, 11) is 3.35. The minimum Gasteiger partial charge on any atom is -0.496 e. The number of hydrogen-bond donors (Lipinski definition) is 0. The molecule has 2 aromatic rings. The third-order valence-corrected chi connectivity index (χ3v) is 3.01. The molecule has 0 fully saturated rings. The largest absolute Gasteiger partial charge is 0.496 e. The Bertz CT molecular complexity index is 564. The standard InChI is InChI=1S/C15H17NO2/c1-10-8-15(18-4)13(9-14(10)17-3)12-6-5-7-16-11(12)2/h5-9H,1-4H3. The molecule has 0 aliphatic heterocycles. The van der Waals surface area contributed by atoms with Crippen LogP contribution >= 0.6 is 0 Å². The lowest BCUT2D eigenvalue weighted by atomic mass is 10.0. The first-order valence-electron chi connectivity index (χ1n) is 5.82. The van der Waals surface area contributed by atoms with Crippen molar-refractivity contribution < 1.29 is 9.47 Å². The number of pyridine rings is 1. The van der Waals surface area contributed by atoms with Crippen LogP contribution in [0.25, 0.3) is 11.1 Å². The summed E-state index contributed by atoms with van der Waals surface area (Å²) < 4.78 is 10.8. The molecular formula is C15H17NO2. The molecule has 94 valence electrons. The second kappa shape index (κ2) is 5.08. The Labute approximate surface area is 107 Å². The predicted octanol–water partition coefficient (Wildman–Crippen LogP) is 3.38. The molecule has 0 atom stereocenters. The van der Waals surface area contributed by atoms with Gasteiger partial charge in [-0.25, -0.2) is 0 Å². The molecule has 0 aliphatic rings. The zero-order valence-electron chi connectivity index (χ0n) is 11.2. The van der Waals surface area contributed by atoms with E-state index in [1.165, 1.54) is 0 Å². The van der Waals surface area contributed by atoms with Crippen molar-refractivity contribution in [1.29, 1.82) is 0 Å². The highest BCUT2D eigenvalue weighted by molar-refractivity contribution is 5.74. The van der Waals surface area contributed by atoms with Crippen LogP contribution in [0.1, 0.15) is 11.3 Å². The van der Waals surface area contributed by atoms with Gasteiger partial charge in [0.25, 0.3) is 0 Å². The lowest BCUT2D eigenvalue weighted by molar-refractivity contribution is 0.402. The molecule has 0 unspecified atom stereocenters. The van der Waals surface area contributed by atoms with Crippen molar-refractivity contribution in [3.05, 3.63) is 41.7 Å². The van der Waals surface area contributed by atoms with E-state index >= 15 is 0 Å². The third kappa shape index (κ3) is 2.16. The van der Waals surface area contributed by atoms with E-state index in [0.29, 0.717) is 0 Å². The van der Waals surface area contributed by atoms with E-state index < -0.39 is 0 Å². The molecule has 3 heteroatoms. The molecule has 0 saturated heterocycles. The van der Waals surface area contributed by atoms with Gasteiger partial charge in [0, 0.05) is 23.0 Å². The summed E-state index contributed by atoms with van der Waals surface area (Å²) in [5, 5.41) is 0. The van der Waals surface area contributed by atoms with Crippen LogP contribution in [0.4, 0.5) is 0 Å². The molecule has 0 spiro atoms. The molecular weight excluding hydrogens is 226 g/mol. The van der Waals surface area contributed by atoms with Crippen LogP contribution in [0.5, 0.6) is 11.5 Å². The average molecular weight is 243 g/mol. The summed E-state index contributed by atoms with van der Waals surface area (Å²) in [5.74, 6) is 1.69. The van der Waals surface area contributed by atoms with Gasteiger partial charge in [0.15, 0.2) is 0 Å². The van der Waals surface area contributed by atoms with E-state index in [4.69, 9.17) is 9.47 Å². The molecule has 0 N–H and O–H groups in total. The normalized spacial score (nSPS) is 10.2. The second-order valence-corrected chi connectivity index (χ2v) is 4.16. The molecule has 0 aliphatic carbocycles. The summed E-state index contributed by atoms with van der Waals surface area (Å²) in [6, 6.07) is 7.95. The third-order valence-electron chi connectivity index (χ3n) is 3.01. The zero-order valence-corrected chi connectivity index (χ0v) is 11.2. The number of rotatable bonds is 3. The van der Waals surface area contributed by atoms with Crippen molar-refractivity contribution in [3.8, 4) is 22.6 Å². The summed E-state index contributed by atoms with van der Waals surface area (Å²) in [6.45, 7) is 3.99. The first-order chi connectivity index (χ1) is 8.67. The topological polar surface area (TPSA) is 31.4 Å². The van der Waals surface area contributed by atoms with E-state index in [1.54, 1.807) is 20.4 Å². The Kier molecular flexibility index (Phi) is 3.51. The first-order valence-corrected chi connectivity index (χ1v) is 5.82. The predicted molar refractivity (Wildman–Crippen MR) is 72.3 cm³/mol. The van der Waals surface area contributed by atoms with E-state index in [2.05, 4.69) is 4.98 Å². The molecule has 3 nitrogen and oxygen atoms in total. The molecule has 0 radical (unpaired) electrons. The maximum absolute atomic E-state index is 5.45. The van der Waals surface area contributed by atoms with Gasteiger partial charge in [-0.1, -0.05) is 6.07 Å². The van der Waals surface area contributed by atoms with E-state index in [1.807, 2.05) is 38.1 Å². The van der Waals surface area contributed by atoms with Crippen molar-refractivity contribution in [3.63, 3.8) is 0 Å². The van der Waals surface area contributed by atoms with Crippen molar-refractivity contribution in [1.82, 2.24) is 4.98 Å². The van der Waals surface area contributed by atoms with Gasteiger partial charge >= 0.3 is 0 Å². The smallest absolute Gasteiger partial charge is 0.127 e. The van der Waals surface area contributed by atoms with Gasteiger partial charge in [0.2, 0.25) is 0 Å². The average Bonchev–Trinajstić information content (AvgIpc) is 2.39. The van der Waals surface area contributed by atoms with Crippen molar-refractivity contribution >= 4 is 0 Å². The Morgan fingerprint density at radius 3 is 2.28 bits per heavy atom. The van der Waals surface area contributed by atoms with Crippen LogP contribution in [0.2, 0.25) is 0 Å². The summed E-state index contributed by atoms with van der Waals surface area (Å²) >= 11 is 0. The van der Waals surface area contributed by atoms with E-state index in [-0.39, 0.29) is 0 Å². The fourth-order valence-electron chi connectivity index (χ4n) is 2.03. The van der Waals surface area contributed by atoms with Crippen molar-refractivity contribution in [2.45, 2.75) is 13.8 Å². The number of ether oxygens (including phenoxy) is 2. The molecule has 18 heavy (non-hydrogen) atoms. The molecule has 2 rings (SSSR count). The highest BCUT2D eigenvalue weighted by atomic mass is 16.5. The van der Waals surface area contributed by atoms with Crippen LogP contribution in [0, 0.1) is 13.8 Å². The summed E-state index contributed by atoms with van der Waals surface area (Å²) in [6.07, 6.45) is 1.79. The Balaban J connectivity index is 2.66. The first kappa shape index (κ1) is 12.4. The highest BCUT2D eigenvalue weighted by Gasteiger charge is 2.12. The van der Waals surface area contributed by atoms with Gasteiger partial charge in [-0.2, -0.15) is 0 Å². The van der Waals surface area contributed by atoms with E-state index in [9.17, 15) is 0 Å². The lowest BCUT2D eigenvalue weighted by Crippen LogP contribution is -1.95. The van der Waals surface area contributed by atoms with Gasteiger partial charge in [0.1, 0.15) is 11.5 Å². The number of hydrogen-bond acceptors (Lipinski definition) is 3. The fraction of sp³-hybridized carbons (Fsp3) is 0.267.